The smallest absolute Gasteiger partial charge is 0.156 e. The summed E-state index contributed by atoms with van der Waals surface area (Å²) in [6.45, 7) is 2.25. The van der Waals surface area contributed by atoms with Crippen molar-refractivity contribution in [3.8, 4) is 11.1 Å². The van der Waals surface area contributed by atoms with Crippen LogP contribution in [0.3, 0.4) is 0 Å². The fourth-order valence-corrected chi connectivity index (χ4v) is 6.52. The lowest BCUT2D eigenvalue weighted by Crippen LogP contribution is -2.21. The largest absolute Gasteiger partial charge is 0.392 e. The van der Waals surface area contributed by atoms with E-state index in [0.717, 1.165) is 74.8 Å². The summed E-state index contributed by atoms with van der Waals surface area (Å²) >= 11 is 14.1. The van der Waals surface area contributed by atoms with Crippen LogP contribution < -0.4 is 5.32 Å². The molecule has 226 valence electrons. The Hall–Kier alpha value is -4.18. The van der Waals surface area contributed by atoms with Gasteiger partial charge in [-0.2, -0.15) is 0 Å². The maximum atomic E-state index is 9.88. The van der Waals surface area contributed by atoms with E-state index in [-0.39, 0.29) is 12.7 Å². The third-order valence-electron chi connectivity index (χ3n) is 8.20. The molecule has 6 aromatic rings. The van der Waals surface area contributed by atoms with Gasteiger partial charge in [-0.25, -0.2) is 4.98 Å². The molecule has 0 aliphatic carbocycles. The zero-order chi connectivity index (χ0) is 30.9. The van der Waals surface area contributed by atoms with E-state index in [1.54, 1.807) is 18.6 Å². The highest BCUT2D eigenvalue weighted by atomic mass is 35.5. The molecule has 1 aliphatic rings. The Morgan fingerprint density at radius 3 is 2.33 bits per heavy atom. The lowest BCUT2D eigenvalue weighted by molar-refractivity contribution is 0.175. The molecule has 0 spiro atoms. The van der Waals surface area contributed by atoms with Crippen LogP contribution in [0.25, 0.3) is 32.9 Å². The van der Waals surface area contributed by atoms with E-state index in [2.05, 4.69) is 31.2 Å². The number of likely N-dealkylation sites (tertiary alicyclic amines) is 1. The second kappa shape index (κ2) is 12.7. The Morgan fingerprint density at radius 1 is 0.822 bits per heavy atom. The molecule has 1 saturated heterocycles. The molecule has 10 heteroatoms. The number of nitrogens with zero attached hydrogens (tertiary/aromatic N) is 5. The predicted molar refractivity (Wildman–Crippen MR) is 179 cm³/mol. The highest BCUT2D eigenvalue weighted by Crippen LogP contribution is 2.40. The molecule has 8 nitrogen and oxygen atoms in total. The van der Waals surface area contributed by atoms with E-state index < -0.39 is 0 Å². The number of benzene rings is 2. The van der Waals surface area contributed by atoms with Gasteiger partial charge in [0.1, 0.15) is 5.52 Å². The monoisotopic (exact) mass is 636 g/mol. The van der Waals surface area contributed by atoms with Gasteiger partial charge >= 0.3 is 0 Å². The van der Waals surface area contributed by atoms with Crippen LogP contribution in [0.1, 0.15) is 28.8 Å². The summed E-state index contributed by atoms with van der Waals surface area (Å²) in [5.41, 5.74) is 7.34. The normalized spacial score (nSPS) is 15.2. The van der Waals surface area contributed by atoms with Crippen molar-refractivity contribution in [3.05, 3.63) is 118 Å². The fourth-order valence-electron chi connectivity index (χ4n) is 5.95. The van der Waals surface area contributed by atoms with E-state index in [4.69, 9.17) is 28.2 Å². The first-order valence-corrected chi connectivity index (χ1v) is 15.5. The zero-order valence-electron chi connectivity index (χ0n) is 24.3. The molecular formula is C35H30Cl2N6O2. The van der Waals surface area contributed by atoms with Crippen LogP contribution in [-0.4, -0.2) is 54.2 Å². The Morgan fingerprint density at radius 2 is 1.53 bits per heavy atom. The zero-order valence-corrected chi connectivity index (χ0v) is 25.8. The number of anilines is 2. The average molecular weight is 638 g/mol. The quantitative estimate of drug-likeness (QED) is 0.165. The van der Waals surface area contributed by atoms with Crippen LogP contribution >= 0.6 is 23.2 Å². The summed E-state index contributed by atoms with van der Waals surface area (Å²) in [7, 11) is 0. The second-order valence-corrected chi connectivity index (χ2v) is 12.1. The number of nitrogens with one attached hydrogen (secondary N) is 1. The van der Waals surface area contributed by atoms with Crippen LogP contribution in [0.4, 0.5) is 11.5 Å². The SMILES string of the molecule is OCc1cnc2c(Cc3cccc(-c4cccc(Nc5nccc6cc(CN7CC[C@@H](O)C7)cnc56)c4Cl)c3Cl)nccc2c1. The molecule has 0 saturated carbocycles. The molecule has 5 heterocycles. The Balaban J connectivity index is 1.17. The van der Waals surface area contributed by atoms with Crippen molar-refractivity contribution in [2.45, 2.75) is 32.1 Å². The number of aromatic nitrogens is 4. The van der Waals surface area contributed by atoms with E-state index in [0.29, 0.717) is 34.5 Å². The van der Waals surface area contributed by atoms with Crippen molar-refractivity contribution in [1.29, 1.82) is 0 Å². The molecule has 1 aliphatic heterocycles. The molecule has 0 radical (unpaired) electrons. The van der Waals surface area contributed by atoms with Gasteiger partial charge in [-0.1, -0.05) is 53.5 Å². The summed E-state index contributed by atoms with van der Waals surface area (Å²) in [5, 5.41) is 25.8. The highest BCUT2D eigenvalue weighted by Gasteiger charge is 2.21. The first-order valence-electron chi connectivity index (χ1n) is 14.8. The minimum Gasteiger partial charge on any atom is -0.392 e. The van der Waals surface area contributed by atoms with Crippen LogP contribution in [0.15, 0.2) is 85.5 Å². The van der Waals surface area contributed by atoms with Crippen molar-refractivity contribution in [1.82, 2.24) is 24.8 Å². The number of halogens is 2. The van der Waals surface area contributed by atoms with Crippen molar-refractivity contribution >= 4 is 56.5 Å². The predicted octanol–water partition coefficient (Wildman–Crippen LogP) is 6.94. The summed E-state index contributed by atoms with van der Waals surface area (Å²) in [5.74, 6) is 0.605. The van der Waals surface area contributed by atoms with Crippen LogP contribution in [0.2, 0.25) is 10.0 Å². The number of fused-ring (bicyclic) bond motifs is 2. The maximum absolute atomic E-state index is 9.88. The number of hydrogen-bond donors (Lipinski definition) is 3. The maximum Gasteiger partial charge on any atom is 0.156 e. The molecule has 3 N–H and O–H groups in total. The van der Waals surface area contributed by atoms with Gasteiger partial charge < -0.3 is 15.5 Å². The van der Waals surface area contributed by atoms with Crippen LogP contribution in [-0.2, 0) is 19.6 Å². The number of pyridine rings is 4. The van der Waals surface area contributed by atoms with Crippen molar-refractivity contribution in [2.75, 3.05) is 18.4 Å². The number of aliphatic hydroxyl groups is 2. The third-order valence-corrected chi connectivity index (χ3v) is 9.06. The summed E-state index contributed by atoms with van der Waals surface area (Å²) < 4.78 is 0. The van der Waals surface area contributed by atoms with Crippen molar-refractivity contribution in [3.63, 3.8) is 0 Å². The topological polar surface area (TPSA) is 107 Å². The van der Waals surface area contributed by atoms with Crippen molar-refractivity contribution < 1.29 is 10.2 Å². The number of β-amino-alcohol motifs (C(OH)–C–C–N with tert-alkyl or cyclic N) is 1. The van der Waals surface area contributed by atoms with Gasteiger partial charge in [0.05, 0.1) is 39.7 Å². The summed E-state index contributed by atoms with van der Waals surface area (Å²) in [4.78, 5) is 20.7. The number of aliphatic hydroxyl groups excluding tert-OH is 2. The lowest BCUT2D eigenvalue weighted by Gasteiger charge is -2.16. The fraction of sp³-hybridized carbons (Fsp3) is 0.200. The highest BCUT2D eigenvalue weighted by molar-refractivity contribution is 6.38. The molecule has 2 aromatic carbocycles. The first kappa shape index (κ1) is 29.5. The van der Waals surface area contributed by atoms with Gasteiger partial charge in [-0.05, 0) is 53.4 Å². The summed E-state index contributed by atoms with van der Waals surface area (Å²) in [6, 6.07) is 19.6. The van der Waals surface area contributed by atoms with Gasteiger partial charge in [0.25, 0.3) is 0 Å². The second-order valence-electron chi connectivity index (χ2n) is 11.3. The number of hydrogen-bond acceptors (Lipinski definition) is 8. The van der Waals surface area contributed by atoms with E-state index in [9.17, 15) is 10.2 Å². The molecule has 0 amide bonds. The van der Waals surface area contributed by atoms with Gasteiger partial charge in [0.2, 0.25) is 0 Å². The van der Waals surface area contributed by atoms with Gasteiger partial charge in [-0.15, -0.1) is 0 Å². The lowest BCUT2D eigenvalue weighted by atomic mass is 9.99. The Bertz CT molecular complexity index is 2040. The third kappa shape index (κ3) is 6.08. The van der Waals surface area contributed by atoms with Gasteiger partial charge in [-0.3, -0.25) is 19.9 Å². The van der Waals surface area contributed by atoms with E-state index in [1.165, 1.54) is 0 Å². The standard InChI is InChI=1S/C35H30Cl2N6O2/c36-31-23(15-30-33-24(7-10-38-30)14-22(20-44)17-40-33)3-1-4-27(31)28-5-2-6-29(32(28)37)42-35-34-25(8-11-39-35)13-21(16-41-34)18-43-12-9-26(45)19-43/h1-8,10-11,13-14,16-17,26,44-45H,9,12,15,18-20H2,(H,39,42)/t26-/m1/s1. The first-order chi connectivity index (χ1) is 22.0. The Kier molecular flexibility index (Phi) is 8.31. The molecule has 0 unspecified atom stereocenters. The van der Waals surface area contributed by atoms with Crippen LogP contribution in [0.5, 0.6) is 0 Å². The molecule has 1 atom stereocenters. The van der Waals surface area contributed by atoms with Gasteiger partial charge in [0.15, 0.2) is 5.82 Å². The molecule has 45 heavy (non-hydrogen) atoms. The Labute approximate surface area is 270 Å². The minimum absolute atomic E-state index is 0.0670. The average Bonchev–Trinajstić information content (AvgIpc) is 3.47. The summed E-state index contributed by atoms with van der Waals surface area (Å²) in [6.07, 6.45) is 8.08. The number of rotatable bonds is 8. The molecule has 1 fully saturated rings. The molecule has 0 bridgehead atoms. The van der Waals surface area contributed by atoms with E-state index >= 15 is 0 Å². The molecule has 7 rings (SSSR count). The molecule has 4 aromatic heterocycles. The minimum atomic E-state index is -0.253. The van der Waals surface area contributed by atoms with Crippen molar-refractivity contribution in [2.24, 2.45) is 0 Å². The van der Waals surface area contributed by atoms with Crippen LogP contribution in [0, 0.1) is 0 Å². The van der Waals surface area contributed by atoms with E-state index in [1.807, 2.05) is 60.8 Å². The van der Waals surface area contributed by atoms with Gasteiger partial charge in [0, 0.05) is 72.7 Å². The molecular weight excluding hydrogens is 607 g/mol.